The first-order valence-electron chi connectivity index (χ1n) is 7.37. The standard InChI is InChI=1S/C14H26N2O3S/c1-11(2)7-5-3-4-6-8-15-14(19)16-10-20-9-12(16)13(17)18/h11-12H,3-10H2,1-2H3,(H,15,19)(H,17,18). The molecule has 1 unspecified atom stereocenters. The fourth-order valence-corrected chi connectivity index (χ4v) is 3.32. The third-order valence-electron chi connectivity index (χ3n) is 3.41. The van der Waals surface area contributed by atoms with Crippen LogP contribution in [0.1, 0.15) is 46.0 Å². The van der Waals surface area contributed by atoms with Gasteiger partial charge in [0, 0.05) is 12.3 Å². The van der Waals surface area contributed by atoms with Gasteiger partial charge in [-0.15, -0.1) is 11.8 Å². The molecule has 1 aliphatic heterocycles. The van der Waals surface area contributed by atoms with Crippen molar-refractivity contribution < 1.29 is 14.7 Å². The smallest absolute Gasteiger partial charge is 0.327 e. The predicted octanol–water partition coefficient (Wildman–Crippen LogP) is 2.76. The average Bonchev–Trinajstić information content (AvgIpc) is 2.86. The normalized spacial score (nSPS) is 18.6. The number of hydrogen-bond acceptors (Lipinski definition) is 3. The Bertz CT molecular complexity index is 324. The molecule has 1 rings (SSSR count). The number of urea groups is 1. The van der Waals surface area contributed by atoms with Crippen molar-refractivity contribution >= 4 is 23.8 Å². The van der Waals surface area contributed by atoms with E-state index in [-0.39, 0.29) is 6.03 Å². The van der Waals surface area contributed by atoms with Crippen molar-refractivity contribution in [1.29, 1.82) is 0 Å². The molecule has 1 heterocycles. The minimum Gasteiger partial charge on any atom is -0.480 e. The second kappa shape index (κ2) is 9.10. The Morgan fingerprint density at radius 1 is 1.30 bits per heavy atom. The van der Waals surface area contributed by atoms with Crippen LogP contribution in [-0.4, -0.2) is 46.2 Å². The summed E-state index contributed by atoms with van der Waals surface area (Å²) in [7, 11) is 0. The number of carboxylic acids is 1. The molecule has 116 valence electrons. The number of carbonyl (C=O) groups is 2. The number of hydrogen-bond donors (Lipinski definition) is 2. The van der Waals surface area contributed by atoms with Gasteiger partial charge in [-0.05, 0) is 12.3 Å². The van der Waals surface area contributed by atoms with Crippen LogP contribution >= 0.6 is 11.8 Å². The molecule has 0 aromatic rings. The molecule has 0 aromatic heterocycles. The SMILES string of the molecule is CC(C)CCCCCCNC(=O)N1CSCC1C(=O)O. The monoisotopic (exact) mass is 302 g/mol. The molecule has 0 bridgehead atoms. The number of nitrogens with zero attached hydrogens (tertiary/aromatic N) is 1. The molecule has 0 radical (unpaired) electrons. The van der Waals surface area contributed by atoms with E-state index in [0.717, 1.165) is 18.8 Å². The van der Waals surface area contributed by atoms with Gasteiger partial charge in [0.2, 0.25) is 0 Å². The van der Waals surface area contributed by atoms with Crippen LogP contribution in [0.25, 0.3) is 0 Å². The number of nitrogens with one attached hydrogen (secondary N) is 1. The summed E-state index contributed by atoms with van der Waals surface area (Å²) in [5.41, 5.74) is 0. The molecule has 0 spiro atoms. The van der Waals surface area contributed by atoms with Gasteiger partial charge in [0.1, 0.15) is 6.04 Å². The van der Waals surface area contributed by atoms with Crippen LogP contribution in [0.15, 0.2) is 0 Å². The van der Waals surface area contributed by atoms with Gasteiger partial charge >= 0.3 is 12.0 Å². The second-order valence-corrected chi connectivity index (χ2v) is 6.65. The lowest BCUT2D eigenvalue weighted by atomic mass is 10.0. The molecule has 0 saturated carbocycles. The van der Waals surface area contributed by atoms with E-state index in [1.165, 1.54) is 35.9 Å². The van der Waals surface area contributed by atoms with E-state index in [1.807, 2.05) is 0 Å². The maximum atomic E-state index is 11.9. The topological polar surface area (TPSA) is 69.6 Å². The minimum absolute atomic E-state index is 0.246. The van der Waals surface area contributed by atoms with Crippen molar-refractivity contribution in [3.63, 3.8) is 0 Å². The van der Waals surface area contributed by atoms with Crippen LogP contribution < -0.4 is 5.32 Å². The van der Waals surface area contributed by atoms with Gasteiger partial charge in [-0.2, -0.15) is 0 Å². The molecular weight excluding hydrogens is 276 g/mol. The molecule has 20 heavy (non-hydrogen) atoms. The zero-order chi connectivity index (χ0) is 15.0. The number of rotatable bonds is 8. The van der Waals surface area contributed by atoms with Crippen molar-refractivity contribution in [2.75, 3.05) is 18.2 Å². The largest absolute Gasteiger partial charge is 0.480 e. The summed E-state index contributed by atoms with van der Waals surface area (Å²) in [5.74, 6) is 0.795. The van der Waals surface area contributed by atoms with Gasteiger partial charge in [-0.3, -0.25) is 0 Å². The van der Waals surface area contributed by atoms with Crippen LogP contribution in [0.4, 0.5) is 4.79 Å². The predicted molar refractivity (Wildman–Crippen MR) is 81.9 cm³/mol. The van der Waals surface area contributed by atoms with E-state index in [4.69, 9.17) is 5.11 Å². The van der Waals surface area contributed by atoms with Crippen molar-refractivity contribution in [2.45, 2.75) is 52.0 Å². The maximum Gasteiger partial charge on any atom is 0.327 e. The maximum absolute atomic E-state index is 11.9. The number of unbranched alkanes of at least 4 members (excludes halogenated alkanes) is 3. The van der Waals surface area contributed by atoms with Crippen molar-refractivity contribution in [3.8, 4) is 0 Å². The number of aliphatic carboxylic acids is 1. The highest BCUT2D eigenvalue weighted by molar-refractivity contribution is 7.99. The van der Waals surface area contributed by atoms with Gasteiger partial charge in [0.25, 0.3) is 0 Å². The lowest BCUT2D eigenvalue weighted by Crippen LogP contribution is -2.47. The highest BCUT2D eigenvalue weighted by Gasteiger charge is 2.34. The molecule has 0 aliphatic carbocycles. The Kier molecular flexibility index (Phi) is 7.80. The third-order valence-corrected chi connectivity index (χ3v) is 4.42. The lowest BCUT2D eigenvalue weighted by molar-refractivity contribution is -0.140. The van der Waals surface area contributed by atoms with E-state index >= 15 is 0 Å². The fourth-order valence-electron chi connectivity index (χ4n) is 2.18. The summed E-state index contributed by atoms with van der Waals surface area (Å²) in [6.07, 6.45) is 5.78. The van der Waals surface area contributed by atoms with Gasteiger partial charge < -0.3 is 15.3 Å². The summed E-state index contributed by atoms with van der Waals surface area (Å²) in [5, 5.41) is 11.8. The molecule has 1 saturated heterocycles. The van der Waals surface area contributed by atoms with Crippen LogP contribution in [0.5, 0.6) is 0 Å². The summed E-state index contributed by atoms with van der Waals surface area (Å²) >= 11 is 1.48. The molecule has 6 heteroatoms. The zero-order valence-corrected chi connectivity index (χ0v) is 13.2. The van der Waals surface area contributed by atoms with E-state index in [9.17, 15) is 9.59 Å². The quantitative estimate of drug-likeness (QED) is 0.676. The first-order valence-corrected chi connectivity index (χ1v) is 8.53. The highest BCUT2D eigenvalue weighted by atomic mass is 32.2. The summed E-state index contributed by atoms with van der Waals surface area (Å²) < 4.78 is 0. The Balaban J connectivity index is 2.09. The average molecular weight is 302 g/mol. The van der Waals surface area contributed by atoms with E-state index in [2.05, 4.69) is 19.2 Å². The highest BCUT2D eigenvalue weighted by Crippen LogP contribution is 2.20. The van der Waals surface area contributed by atoms with Crippen molar-refractivity contribution in [2.24, 2.45) is 5.92 Å². The van der Waals surface area contributed by atoms with Crippen LogP contribution in [0.3, 0.4) is 0 Å². The Morgan fingerprint density at radius 3 is 2.65 bits per heavy atom. The van der Waals surface area contributed by atoms with Crippen LogP contribution in [-0.2, 0) is 4.79 Å². The second-order valence-electron chi connectivity index (χ2n) is 5.65. The summed E-state index contributed by atoms with van der Waals surface area (Å²) in [6, 6.07) is -0.921. The molecule has 0 aromatic carbocycles. The van der Waals surface area contributed by atoms with Crippen LogP contribution in [0, 0.1) is 5.92 Å². The minimum atomic E-state index is -0.918. The van der Waals surface area contributed by atoms with Gasteiger partial charge in [0.15, 0.2) is 0 Å². The van der Waals surface area contributed by atoms with Gasteiger partial charge in [-0.1, -0.05) is 39.5 Å². The van der Waals surface area contributed by atoms with Crippen LogP contribution in [0.2, 0.25) is 0 Å². The molecule has 2 N–H and O–H groups in total. The Labute approximate surface area is 125 Å². The molecule has 5 nitrogen and oxygen atoms in total. The first-order chi connectivity index (χ1) is 9.52. The molecule has 1 atom stereocenters. The van der Waals surface area contributed by atoms with Gasteiger partial charge in [0.05, 0.1) is 5.88 Å². The number of thioether (sulfide) groups is 1. The van der Waals surface area contributed by atoms with Crippen molar-refractivity contribution in [3.05, 3.63) is 0 Å². The molecule has 1 aliphatic rings. The number of amides is 2. The number of carbonyl (C=O) groups excluding carboxylic acids is 1. The zero-order valence-electron chi connectivity index (χ0n) is 12.4. The van der Waals surface area contributed by atoms with Gasteiger partial charge in [-0.25, -0.2) is 9.59 Å². The fraction of sp³-hybridized carbons (Fsp3) is 0.857. The van der Waals surface area contributed by atoms with E-state index in [1.54, 1.807) is 0 Å². The van der Waals surface area contributed by atoms with Crippen molar-refractivity contribution in [1.82, 2.24) is 10.2 Å². The lowest BCUT2D eigenvalue weighted by Gasteiger charge is -2.20. The summed E-state index contributed by atoms with van der Waals surface area (Å²) in [4.78, 5) is 24.3. The molecule has 1 fully saturated rings. The Hall–Kier alpha value is -0.910. The molecule has 2 amide bonds. The number of carboxylic acid groups (broad SMARTS) is 1. The third kappa shape index (κ3) is 6.03. The summed E-state index contributed by atoms with van der Waals surface area (Å²) in [6.45, 7) is 5.09. The molecular formula is C14H26N2O3S. The van der Waals surface area contributed by atoms with E-state index < -0.39 is 12.0 Å². The Morgan fingerprint density at radius 2 is 2.00 bits per heavy atom. The van der Waals surface area contributed by atoms with E-state index in [0.29, 0.717) is 18.2 Å². The first kappa shape index (κ1) is 17.1.